The van der Waals surface area contributed by atoms with Crippen LogP contribution in [0.1, 0.15) is 44.3 Å². The normalized spacial score (nSPS) is 10.4. The van der Waals surface area contributed by atoms with E-state index in [0.717, 1.165) is 16.8 Å². The number of aryl methyl sites for hydroxylation is 3. The summed E-state index contributed by atoms with van der Waals surface area (Å²) < 4.78 is 0. The van der Waals surface area contributed by atoms with E-state index in [1.165, 1.54) is 12.5 Å². The molecule has 1 amide bonds. The number of nitrogens with one attached hydrogen (secondary N) is 2. The number of benzene rings is 2. The zero-order valence-corrected chi connectivity index (χ0v) is 16.5. The predicted octanol–water partition coefficient (Wildman–Crippen LogP) is 5.21. The Kier molecular flexibility index (Phi) is 5.54. The smallest absolute Gasteiger partial charge is 0.255 e. The summed E-state index contributed by atoms with van der Waals surface area (Å²) in [5.41, 5.74) is 6.05. The van der Waals surface area contributed by atoms with E-state index < -0.39 is 0 Å². The molecule has 2 aromatic carbocycles. The van der Waals surface area contributed by atoms with Crippen molar-refractivity contribution in [2.45, 2.75) is 27.7 Å². The highest BCUT2D eigenvalue weighted by atomic mass is 16.1. The van der Waals surface area contributed by atoms with Gasteiger partial charge in [-0.3, -0.25) is 9.59 Å². The monoisotopic (exact) mass is 373 g/mol. The zero-order valence-electron chi connectivity index (χ0n) is 16.5. The minimum atomic E-state index is -0.261. The third-order valence-electron chi connectivity index (χ3n) is 4.48. The molecule has 3 rings (SSSR count). The molecule has 0 radical (unpaired) electrons. The van der Waals surface area contributed by atoms with Crippen LogP contribution in [0.3, 0.4) is 0 Å². The second kappa shape index (κ2) is 8.05. The molecule has 0 aliphatic heterocycles. The molecule has 1 heterocycles. The van der Waals surface area contributed by atoms with Gasteiger partial charge in [0.1, 0.15) is 5.82 Å². The van der Waals surface area contributed by atoms with Crippen molar-refractivity contribution < 1.29 is 9.59 Å². The molecule has 5 heteroatoms. The van der Waals surface area contributed by atoms with Crippen LogP contribution in [0.4, 0.5) is 17.2 Å². The van der Waals surface area contributed by atoms with Crippen LogP contribution in [0.15, 0.2) is 54.7 Å². The topological polar surface area (TPSA) is 71.1 Å². The van der Waals surface area contributed by atoms with Gasteiger partial charge in [-0.2, -0.15) is 0 Å². The second-order valence-corrected chi connectivity index (χ2v) is 6.92. The highest BCUT2D eigenvalue weighted by molar-refractivity contribution is 6.05. The molecule has 0 spiro atoms. The summed E-state index contributed by atoms with van der Waals surface area (Å²) in [6.45, 7) is 7.65. The lowest BCUT2D eigenvalue weighted by Gasteiger charge is -2.14. The van der Waals surface area contributed by atoms with E-state index in [4.69, 9.17) is 0 Å². The maximum atomic E-state index is 12.6. The molecule has 0 fully saturated rings. The first kappa shape index (κ1) is 19.3. The number of aromatic nitrogens is 1. The van der Waals surface area contributed by atoms with Crippen molar-refractivity contribution in [3.63, 3.8) is 0 Å². The lowest BCUT2D eigenvalue weighted by molar-refractivity contribution is 0.101. The van der Waals surface area contributed by atoms with Gasteiger partial charge in [-0.05, 0) is 63.1 Å². The number of pyridine rings is 1. The average Bonchev–Trinajstić information content (AvgIpc) is 2.65. The van der Waals surface area contributed by atoms with Crippen LogP contribution >= 0.6 is 0 Å². The van der Waals surface area contributed by atoms with Crippen molar-refractivity contribution in [2.75, 3.05) is 10.6 Å². The Morgan fingerprint density at radius 3 is 2.29 bits per heavy atom. The van der Waals surface area contributed by atoms with Crippen molar-refractivity contribution in [2.24, 2.45) is 0 Å². The molecule has 0 saturated carbocycles. The summed E-state index contributed by atoms with van der Waals surface area (Å²) >= 11 is 0. The molecule has 0 atom stereocenters. The fourth-order valence-corrected chi connectivity index (χ4v) is 3.16. The largest absolute Gasteiger partial charge is 0.340 e. The number of hydrogen-bond acceptors (Lipinski definition) is 4. The van der Waals surface area contributed by atoms with Crippen LogP contribution in [0, 0.1) is 20.8 Å². The Morgan fingerprint density at radius 2 is 1.61 bits per heavy atom. The molecular weight excluding hydrogens is 350 g/mol. The molecule has 1 aromatic heterocycles. The lowest BCUT2D eigenvalue weighted by atomic mass is 10.1. The summed E-state index contributed by atoms with van der Waals surface area (Å²) in [6, 6.07) is 14.5. The zero-order chi connectivity index (χ0) is 20.3. The van der Waals surface area contributed by atoms with Gasteiger partial charge < -0.3 is 10.6 Å². The number of nitrogens with zero attached hydrogens (tertiary/aromatic N) is 1. The SMILES string of the molecule is CC(=O)c1cccc(NC(=O)c2ccnc(Nc3c(C)cc(C)cc3C)c2)c1. The molecule has 0 aliphatic carbocycles. The van der Waals surface area contributed by atoms with Crippen molar-refractivity contribution in [3.8, 4) is 0 Å². The number of anilines is 3. The minimum Gasteiger partial charge on any atom is -0.340 e. The fourth-order valence-electron chi connectivity index (χ4n) is 3.16. The third kappa shape index (κ3) is 4.43. The molecular formula is C23H23N3O2. The maximum absolute atomic E-state index is 12.6. The summed E-state index contributed by atoms with van der Waals surface area (Å²) in [4.78, 5) is 28.5. The maximum Gasteiger partial charge on any atom is 0.255 e. The van der Waals surface area contributed by atoms with Crippen molar-refractivity contribution in [1.29, 1.82) is 0 Å². The number of rotatable bonds is 5. The van der Waals surface area contributed by atoms with Gasteiger partial charge in [-0.1, -0.05) is 29.8 Å². The van der Waals surface area contributed by atoms with Gasteiger partial charge in [0.15, 0.2) is 5.78 Å². The van der Waals surface area contributed by atoms with E-state index in [9.17, 15) is 9.59 Å². The number of carbonyl (C=O) groups excluding carboxylic acids is 2. The average molecular weight is 373 g/mol. The highest BCUT2D eigenvalue weighted by Crippen LogP contribution is 2.25. The third-order valence-corrected chi connectivity index (χ3v) is 4.48. The molecule has 0 unspecified atom stereocenters. The highest BCUT2D eigenvalue weighted by Gasteiger charge is 2.10. The first-order valence-electron chi connectivity index (χ1n) is 9.07. The number of amides is 1. The van der Waals surface area contributed by atoms with Crippen LogP contribution in [-0.4, -0.2) is 16.7 Å². The van der Waals surface area contributed by atoms with Crippen molar-refractivity contribution in [1.82, 2.24) is 4.98 Å². The van der Waals surface area contributed by atoms with Gasteiger partial charge in [0.25, 0.3) is 5.91 Å². The Labute approximate surface area is 164 Å². The van der Waals surface area contributed by atoms with Gasteiger partial charge in [-0.15, -0.1) is 0 Å². The summed E-state index contributed by atoms with van der Waals surface area (Å²) in [6.07, 6.45) is 1.60. The molecule has 28 heavy (non-hydrogen) atoms. The number of Topliss-reactive ketones (excluding diaryl/α,β-unsaturated/α-hetero) is 1. The van der Waals surface area contributed by atoms with Gasteiger partial charge >= 0.3 is 0 Å². The molecule has 3 aromatic rings. The number of hydrogen-bond donors (Lipinski definition) is 2. The van der Waals surface area contributed by atoms with Crippen molar-refractivity contribution in [3.05, 3.63) is 82.5 Å². The van der Waals surface area contributed by atoms with Gasteiger partial charge in [-0.25, -0.2) is 4.98 Å². The molecule has 0 bridgehead atoms. The minimum absolute atomic E-state index is 0.0460. The van der Waals surface area contributed by atoms with E-state index in [-0.39, 0.29) is 11.7 Å². The number of carbonyl (C=O) groups is 2. The fraction of sp³-hybridized carbons (Fsp3) is 0.174. The van der Waals surface area contributed by atoms with Crippen LogP contribution in [0.25, 0.3) is 0 Å². The molecule has 2 N–H and O–H groups in total. The standard InChI is InChI=1S/C23H23N3O2/c1-14-10-15(2)22(16(3)11-14)26-21-13-19(8-9-24-21)23(28)25-20-7-5-6-18(12-20)17(4)27/h5-13H,1-4H3,(H,24,26)(H,25,28). The van der Waals surface area contributed by atoms with Crippen LogP contribution in [0.5, 0.6) is 0 Å². The van der Waals surface area contributed by atoms with Crippen LogP contribution < -0.4 is 10.6 Å². The second-order valence-electron chi connectivity index (χ2n) is 6.92. The molecule has 0 aliphatic rings. The lowest BCUT2D eigenvalue weighted by Crippen LogP contribution is -2.13. The van der Waals surface area contributed by atoms with Crippen LogP contribution in [-0.2, 0) is 0 Å². The Morgan fingerprint density at radius 1 is 0.893 bits per heavy atom. The molecule has 5 nitrogen and oxygen atoms in total. The molecule has 0 saturated heterocycles. The van der Waals surface area contributed by atoms with Crippen molar-refractivity contribution >= 4 is 28.9 Å². The Balaban J connectivity index is 1.80. The van der Waals surface area contributed by atoms with E-state index in [1.54, 1.807) is 42.6 Å². The van der Waals surface area contributed by atoms with Gasteiger partial charge in [0, 0.05) is 28.7 Å². The Hall–Kier alpha value is -3.47. The summed E-state index contributed by atoms with van der Waals surface area (Å²) in [5.74, 6) is 0.291. The quantitative estimate of drug-likeness (QED) is 0.603. The van der Waals surface area contributed by atoms with E-state index >= 15 is 0 Å². The predicted molar refractivity (Wildman–Crippen MR) is 113 cm³/mol. The molecule has 142 valence electrons. The summed E-state index contributed by atoms with van der Waals surface area (Å²) in [5, 5.41) is 6.14. The summed E-state index contributed by atoms with van der Waals surface area (Å²) in [7, 11) is 0. The van der Waals surface area contributed by atoms with E-state index in [0.29, 0.717) is 22.6 Å². The van der Waals surface area contributed by atoms with E-state index in [2.05, 4.69) is 34.7 Å². The van der Waals surface area contributed by atoms with E-state index in [1.807, 2.05) is 13.8 Å². The first-order chi connectivity index (χ1) is 13.3. The first-order valence-corrected chi connectivity index (χ1v) is 9.07. The number of ketones is 1. The van der Waals surface area contributed by atoms with Crippen LogP contribution in [0.2, 0.25) is 0 Å². The Bertz CT molecular complexity index is 1030. The van der Waals surface area contributed by atoms with Gasteiger partial charge in [0.05, 0.1) is 0 Å². The van der Waals surface area contributed by atoms with Gasteiger partial charge in [0.2, 0.25) is 0 Å².